The number of phenolic OH excluding ortho intramolecular Hbond substituents is 1. The molecule has 0 aliphatic carbocycles. The number of methoxy groups -OCH3 is 1. The average molecular weight is 823 g/mol. The number of nitrogens with two attached hydrogens (primary N) is 1. The Balaban J connectivity index is 1.30. The van der Waals surface area contributed by atoms with E-state index in [1.54, 1.807) is 49.6 Å². The molecule has 0 bridgehead atoms. The Bertz CT molecular complexity index is 2740. The third-order valence-electron chi connectivity index (χ3n) is 12.3. The van der Waals surface area contributed by atoms with Gasteiger partial charge in [0.05, 0.1) is 36.8 Å². The van der Waals surface area contributed by atoms with Crippen molar-refractivity contribution in [3.05, 3.63) is 197 Å². The monoisotopic (exact) mass is 822 g/mol. The zero-order valence-corrected chi connectivity index (χ0v) is 33.8. The molecule has 0 aromatic heterocycles. The molecule has 3 aliphatic rings. The van der Waals surface area contributed by atoms with Crippen LogP contribution in [0.5, 0.6) is 11.5 Å². The summed E-state index contributed by atoms with van der Waals surface area (Å²) in [6.45, 7) is 1.81. The number of amides is 4. The molecule has 308 valence electrons. The number of morpholine rings is 1. The number of nitrogens with zero attached hydrogens (tertiary/aromatic N) is 2. The summed E-state index contributed by atoms with van der Waals surface area (Å²) in [5.74, 6) is 3.04. The molecule has 6 aromatic rings. The maximum atomic E-state index is 16.1. The van der Waals surface area contributed by atoms with Crippen LogP contribution < -0.4 is 20.7 Å². The molecular formula is C51H42N4O7. The van der Waals surface area contributed by atoms with Crippen molar-refractivity contribution in [2.45, 2.75) is 42.6 Å². The second kappa shape index (κ2) is 16.1. The highest BCUT2D eigenvalue weighted by Crippen LogP contribution is 2.65. The van der Waals surface area contributed by atoms with E-state index in [-0.39, 0.29) is 11.4 Å². The van der Waals surface area contributed by atoms with Crippen molar-refractivity contribution in [3.63, 3.8) is 0 Å². The van der Waals surface area contributed by atoms with Crippen LogP contribution in [0.25, 0.3) is 0 Å². The van der Waals surface area contributed by atoms with Gasteiger partial charge in [-0.3, -0.25) is 19.3 Å². The first-order chi connectivity index (χ1) is 30.1. The van der Waals surface area contributed by atoms with Crippen molar-refractivity contribution < 1.29 is 33.8 Å². The van der Waals surface area contributed by atoms with Crippen molar-refractivity contribution in [1.29, 1.82) is 0 Å². The summed E-state index contributed by atoms with van der Waals surface area (Å²) in [6.07, 6.45) is -0.894. The van der Waals surface area contributed by atoms with Gasteiger partial charge >= 0.3 is 12.0 Å². The number of hydrogen-bond donors (Lipinski definition) is 3. The third kappa shape index (κ3) is 6.62. The number of primary amides is 1. The van der Waals surface area contributed by atoms with Gasteiger partial charge in [0.2, 0.25) is 11.8 Å². The van der Waals surface area contributed by atoms with Crippen LogP contribution in [-0.2, 0) is 24.5 Å². The Kier molecular flexibility index (Phi) is 10.3. The van der Waals surface area contributed by atoms with Crippen LogP contribution in [0.2, 0.25) is 0 Å². The number of nitrogens with one attached hydrogen (secondary N) is 1. The normalized spacial score (nSPS) is 23.1. The Labute approximate surface area is 358 Å². The minimum Gasteiger partial charge on any atom is -0.508 e. The number of urea groups is 1. The smallest absolute Gasteiger partial charge is 0.329 e. The highest BCUT2D eigenvalue weighted by Gasteiger charge is 2.75. The van der Waals surface area contributed by atoms with Crippen LogP contribution in [0.1, 0.15) is 70.1 Å². The van der Waals surface area contributed by atoms with Gasteiger partial charge in [-0.1, -0.05) is 115 Å². The molecule has 9 rings (SSSR count). The number of carbonyl (C=O) groups is 4. The van der Waals surface area contributed by atoms with Crippen molar-refractivity contribution >= 4 is 29.5 Å². The minimum atomic E-state index is -2.01. The lowest BCUT2D eigenvalue weighted by atomic mass is 9.65. The van der Waals surface area contributed by atoms with Crippen LogP contribution in [0.15, 0.2) is 158 Å². The first kappa shape index (κ1) is 39.8. The number of carbonyl (C=O) groups excluding carboxylic acids is 4. The first-order valence-corrected chi connectivity index (χ1v) is 20.3. The molecule has 4 N–H and O–H groups in total. The van der Waals surface area contributed by atoms with E-state index in [1.807, 2.05) is 115 Å². The fraction of sp³-hybridized carbons (Fsp3) is 0.176. The molecule has 11 nitrogen and oxygen atoms in total. The van der Waals surface area contributed by atoms with Gasteiger partial charge in [-0.25, -0.2) is 9.69 Å². The molecule has 6 aromatic carbocycles. The highest BCUT2D eigenvalue weighted by atomic mass is 16.6. The van der Waals surface area contributed by atoms with E-state index < -0.39 is 65.4 Å². The largest absolute Gasteiger partial charge is 0.508 e. The Hall–Kier alpha value is -7.68. The summed E-state index contributed by atoms with van der Waals surface area (Å²) in [5, 5.41) is 13.6. The van der Waals surface area contributed by atoms with E-state index in [2.05, 4.69) is 17.2 Å². The number of benzene rings is 6. The van der Waals surface area contributed by atoms with Crippen LogP contribution >= 0.6 is 0 Å². The maximum absolute atomic E-state index is 16.1. The number of aromatic hydroxyl groups is 1. The molecule has 2 saturated heterocycles. The number of phenols is 1. The first-order valence-electron chi connectivity index (χ1n) is 20.3. The number of cyclic esters (lactones) is 1. The minimum absolute atomic E-state index is 0.0335. The molecule has 0 saturated carbocycles. The summed E-state index contributed by atoms with van der Waals surface area (Å²) in [6, 6.07) is 42.2. The molecule has 4 amide bonds. The molecular weight excluding hydrogens is 781 g/mol. The summed E-state index contributed by atoms with van der Waals surface area (Å²) in [4.78, 5) is 63.1. The van der Waals surface area contributed by atoms with Crippen LogP contribution in [-0.4, -0.2) is 47.0 Å². The third-order valence-corrected chi connectivity index (χ3v) is 12.3. The molecule has 62 heavy (non-hydrogen) atoms. The Morgan fingerprint density at radius 3 is 1.98 bits per heavy atom. The summed E-state index contributed by atoms with van der Waals surface area (Å²) in [7, 11) is 1.58. The lowest BCUT2D eigenvalue weighted by Gasteiger charge is -2.46. The van der Waals surface area contributed by atoms with E-state index >= 15 is 4.79 Å². The van der Waals surface area contributed by atoms with E-state index in [0.29, 0.717) is 33.6 Å². The molecule has 11 heteroatoms. The van der Waals surface area contributed by atoms with Gasteiger partial charge in [0.1, 0.15) is 29.1 Å². The van der Waals surface area contributed by atoms with Crippen molar-refractivity contribution in [1.82, 2.24) is 10.2 Å². The fourth-order valence-corrected chi connectivity index (χ4v) is 9.57. The number of anilines is 1. The summed E-state index contributed by atoms with van der Waals surface area (Å²) in [5.41, 5.74) is 8.90. The number of imide groups is 1. The fourth-order valence-electron chi connectivity index (χ4n) is 9.57. The number of fused-ring (bicyclic) bond motifs is 3. The molecule has 1 spiro atoms. The Morgan fingerprint density at radius 2 is 1.35 bits per heavy atom. The molecule has 3 heterocycles. The number of hydrogen-bond acceptors (Lipinski definition) is 8. The standard InChI is InChI=1S/C51H42N4O7/c1-31(34-12-6-3-7-13-34)53-50(60)54-41-29-22-33(19-18-32-20-27-39(61-2)28-21-32)30-40(41)51(49(54)59)42(47(52)57)44-48(58)62-45(36-16-10-5-11-17-36)43(35-14-8-4-9-15-35)55(44)46(51)37-23-25-38(56)26-24-37/h3-17,20-31,42-46,56H,1-2H3,(H2,52,57)(H,53,60). The van der Waals surface area contributed by atoms with Crippen molar-refractivity contribution in [3.8, 4) is 23.3 Å². The van der Waals surface area contributed by atoms with Crippen LogP contribution in [0.4, 0.5) is 10.5 Å². The van der Waals surface area contributed by atoms with Gasteiger partial charge in [0.15, 0.2) is 0 Å². The van der Waals surface area contributed by atoms with E-state index in [4.69, 9.17) is 15.2 Å². The topological polar surface area (TPSA) is 151 Å². The van der Waals surface area contributed by atoms with Crippen LogP contribution in [0, 0.1) is 17.8 Å². The van der Waals surface area contributed by atoms with Gasteiger partial charge in [-0.15, -0.1) is 0 Å². The lowest BCUT2D eigenvalue weighted by Crippen LogP contribution is -2.55. The number of ether oxygens (including phenoxy) is 2. The second-order valence-electron chi connectivity index (χ2n) is 15.7. The van der Waals surface area contributed by atoms with Gasteiger partial charge in [-0.05, 0) is 89.3 Å². The highest BCUT2D eigenvalue weighted by molar-refractivity contribution is 6.24. The zero-order valence-electron chi connectivity index (χ0n) is 33.8. The molecule has 2 fully saturated rings. The summed E-state index contributed by atoms with van der Waals surface area (Å²) >= 11 is 0. The zero-order chi connectivity index (χ0) is 43.1. The van der Waals surface area contributed by atoms with Crippen molar-refractivity contribution in [2.24, 2.45) is 11.7 Å². The summed E-state index contributed by atoms with van der Waals surface area (Å²) < 4.78 is 11.7. The molecule has 3 aliphatic heterocycles. The predicted octanol–water partition coefficient (Wildman–Crippen LogP) is 7.42. The average Bonchev–Trinajstić information content (AvgIpc) is 3.76. The molecule has 7 unspecified atom stereocenters. The number of rotatable bonds is 7. The van der Waals surface area contributed by atoms with Gasteiger partial charge < -0.3 is 25.6 Å². The van der Waals surface area contributed by atoms with Crippen molar-refractivity contribution in [2.75, 3.05) is 12.0 Å². The van der Waals surface area contributed by atoms with Gasteiger partial charge in [-0.2, -0.15) is 0 Å². The van der Waals surface area contributed by atoms with Gasteiger partial charge in [0, 0.05) is 11.1 Å². The predicted molar refractivity (Wildman–Crippen MR) is 232 cm³/mol. The maximum Gasteiger partial charge on any atom is 0.329 e. The SMILES string of the molecule is COc1ccc(C#Cc2ccc3c(c2)C2(C(=O)N3C(=O)NC(C)c3ccccc3)C(C(N)=O)C3C(=O)OC(c4ccccc4)C(c4ccccc4)N3C2c2ccc(O)cc2)cc1. The molecule has 0 radical (unpaired) electrons. The van der Waals surface area contributed by atoms with E-state index in [9.17, 15) is 19.5 Å². The Morgan fingerprint density at radius 1 is 0.758 bits per heavy atom. The lowest BCUT2D eigenvalue weighted by molar-refractivity contribution is -0.178. The second-order valence-corrected chi connectivity index (χ2v) is 15.7. The molecule has 7 atom stereocenters. The number of esters is 1. The van der Waals surface area contributed by atoms with E-state index in [0.717, 1.165) is 16.0 Å². The van der Waals surface area contributed by atoms with Crippen LogP contribution in [0.3, 0.4) is 0 Å². The van der Waals surface area contributed by atoms with E-state index in [1.165, 1.54) is 12.1 Å². The van der Waals surface area contributed by atoms with Gasteiger partial charge in [0.25, 0.3) is 0 Å². The quantitative estimate of drug-likeness (QED) is 0.111.